The van der Waals surface area contributed by atoms with Crippen LogP contribution in [0.3, 0.4) is 0 Å². The molecule has 0 radical (unpaired) electrons. The molecular formula is C14H21N5. The fraction of sp³-hybridized carbons (Fsp3) is 0.500. The summed E-state index contributed by atoms with van der Waals surface area (Å²) in [6, 6.07) is 5.89. The molecule has 0 aromatic carbocycles. The lowest BCUT2D eigenvalue weighted by Gasteiger charge is -2.06. The minimum atomic E-state index is 0.587. The van der Waals surface area contributed by atoms with Gasteiger partial charge in [-0.3, -0.25) is 0 Å². The molecule has 0 spiro atoms. The normalized spacial score (nSPS) is 10.9. The third-order valence-electron chi connectivity index (χ3n) is 2.71. The van der Waals surface area contributed by atoms with Gasteiger partial charge in [0.2, 0.25) is 0 Å². The second kappa shape index (κ2) is 6.31. The monoisotopic (exact) mass is 259 g/mol. The molecule has 0 aliphatic heterocycles. The van der Waals surface area contributed by atoms with Gasteiger partial charge in [0.15, 0.2) is 5.82 Å². The van der Waals surface area contributed by atoms with Crippen LogP contribution in [0, 0.1) is 5.92 Å². The Morgan fingerprint density at radius 1 is 1.37 bits per heavy atom. The van der Waals surface area contributed by atoms with Gasteiger partial charge in [-0.05, 0) is 30.9 Å². The van der Waals surface area contributed by atoms with E-state index in [1.54, 1.807) is 6.20 Å². The number of nitrogens with one attached hydrogen (secondary N) is 1. The SMILES string of the molecule is CCCNc1cc(CC(C)C)nn1-c1cccnn1. The molecule has 0 saturated carbocycles. The quantitative estimate of drug-likeness (QED) is 0.866. The van der Waals surface area contributed by atoms with E-state index in [9.17, 15) is 0 Å². The lowest BCUT2D eigenvalue weighted by Crippen LogP contribution is -2.08. The van der Waals surface area contributed by atoms with Crippen molar-refractivity contribution < 1.29 is 0 Å². The van der Waals surface area contributed by atoms with E-state index >= 15 is 0 Å². The van der Waals surface area contributed by atoms with E-state index in [1.165, 1.54) is 0 Å². The number of anilines is 1. The molecule has 1 N–H and O–H groups in total. The average Bonchev–Trinajstić information content (AvgIpc) is 2.79. The van der Waals surface area contributed by atoms with Crippen LogP contribution >= 0.6 is 0 Å². The molecule has 0 saturated heterocycles. The van der Waals surface area contributed by atoms with Crippen molar-refractivity contribution in [2.75, 3.05) is 11.9 Å². The highest BCUT2D eigenvalue weighted by Gasteiger charge is 2.11. The minimum Gasteiger partial charge on any atom is -0.370 e. The number of hydrogen-bond donors (Lipinski definition) is 1. The molecule has 0 amide bonds. The van der Waals surface area contributed by atoms with Crippen molar-refractivity contribution in [3.8, 4) is 5.82 Å². The largest absolute Gasteiger partial charge is 0.370 e. The average molecular weight is 259 g/mol. The molecule has 5 heteroatoms. The first-order chi connectivity index (χ1) is 9.20. The molecule has 2 aromatic heterocycles. The molecule has 2 heterocycles. The standard InChI is InChI=1S/C14H21N5/c1-4-7-15-14-10-12(9-11(2)3)18-19(14)13-6-5-8-16-17-13/h5-6,8,10-11,15H,4,7,9H2,1-3H3. The van der Waals surface area contributed by atoms with Crippen LogP contribution in [0.15, 0.2) is 24.4 Å². The molecule has 0 fully saturated rings. The fourth-order valence-corrected chi connectivity index (χ4v) is 1.91. The summed E-state index contributed by atoms with van der Waals surface area (Å²) in [6.45, 7) is 7.46. The Labute approximate surface area is 114 Å². The van der Waals surface area contributed by atoms with Gasteiger partial charge in [-0.15, -0.1) is 5.10 Å². The zero-order chi connectivity index (χ0) is 13.7. The fourth-order valence-electron chi connectivity index (χ4n) is 1.91. The first-order valence-electron chi connectivity index (χ1n) is 6.81. The third kappa shape index (κ3) is 3.53. The summed E-state index contributed by atoms with van der Waals surface area (Å²) < 4.78 is 1.83. The Hall–Kier alpha value is -1.91. The molecule has 0 unspecified atom stereocenters. The summed E-state index contributed by atoms with van der Waals surface area (Å²) in [7, 11) is 0. The van der Waals surface area contributed by atoms with Crippen molar-refractivity contribution in [1.82, 2.24) is 20.0 Å². The summed E-state index contributed by atoms with van der Waals surface area (Å²) >= 11 is 0. The van der Waals surface area contributed by atoms with Crippen LogP contribution in [-0.4, -0.2) is 26.5 Å². The number of aromatic nitrogens is 4. The van der Waals surface area contributed by atoms with E-state index in [4.69, 9.17) is 0 Å². The van der Waals surface area contributed by atoms with Crippen LogP contribution in [0.2, 0.25) is 0 Å². The van der Waals surface area contributed by atoms with Gasteiger partial charge in [-0.1, -0.05) is 20.8 Å². The number of rotatable bonds is 6. The molecular weight excluding hydrogens is 238 g/mol. The van der Waals surface area contributed by atoms with Crippen molar-refractivity contribution in [3.63, 3.8) is 0 Å². The Kier molecular flexibility index (Phi) is 4.49. The van der Waals surface area contributed by atoms with Gasteiger partial charge in [0, 0.05) is 18.8 Å². The third-order valence-corrected chi connectivity index (χ3v) is 2.71. The van der Waals surface area contributed by atoms with Crippen LogP contribution in [0.1, 0.15) is 32.9 Å². The summed E-state index contributed by atoms with van der Waals surface area (Å²) in [5.74, 6) is 2.32. The summed E-state index contributed by atoms with van der Waals surface area (Å²) in [5, 5.41) is 16.0. The van der Waals surface area contributed by atoms with Crippen molar-refractivity contribution >= 4 is 5.82 Å². The Morgan fingerprint density at radius 3 is 2.84 bits per heavy atom. The maximum absolute atomic E-state index is 4.63. The maximum Gasteiger partial charge on any atom is 0.177 e. The van der Waals surface area contributed by atoms with E-state index in [-0.39, 0.29) is 0 Å². The molecule has 0 atom stereocenters. The van der Waals surface area contributed by atoms with Gasteiger partial charge in [0.05, 0.1) is 5.69 Å². The smallest absolute Gasteiger partial charge is 0.177 e. The Balaban J connectivity index is 2.31. The Bertz CT molecular complexity index is 504. The van der Waals surface area contributed by atoms with E-state index in [1.807, 2.05) is 16.8 Å². The van der Waals surface area contributed by atoms with E-state index in [0.717, 1.165) is 36.7 Å². The van der Waals surface area contributed by atoms with Gasteiger partial charge in [-0.2, -0.15) is 14.9 Å². The molecule has 102 valence electrons. The molecule has 2 aromatic rings. The maximum atomic E-state index is 4.63. The van der Waals surface area contributed by atoms with Gasteiger partial charge in [0.1, 0.15) is 5.82 Å². The van der Waals surface area contributed by atoms with Crippen molar-refractivity contribution in [2.45, 2.75) is 33.6 Å². The highest BCUT2D eigenvalue weighted by Crippen LogP contribution is 2.17. The van der Waals surface area contributed by atoms with Gasteiger partial charge in [0.25, 0.3) is 0 Å². The first-order valence-corrected chi connectivity index (χ1v) is 6.81. The molecule has 0 bridgehead atoms. The summed E-state index contributed by atoms with van der Waals surface area (Å²) in [5.41, 5.74) is 1.08. The predicted octanol–water partition coefficient (Wildman–Crippen LogP) is 2.68. The zero-order valence-corrected chi connectivity index (χ0v) is 11.8. The van der Waals surface area contributed by atoms with Gasteiger partial charge >= 0.3 is 0 Å². The molecule has 2 rings (SSSR count). The molecule has 0 aliphatic carbocycles. The highest BCUT2D eigenvalue weighted by atomic mass is 15.4. The lowest BCUT2D eigenvalue weighted by atomic mass is 10.1. The molecule has 0 aliphatic rings. The minimum absolute atomic E-state index is 0.587. The van der Waals surface area contributed by atoms with Crippen LogP contribution in [0.5, 0.6) is 0 Å². The number of hydrogen-bond acceptors (Lipinski definition) is 4. The lowest BCUT2D eigenvalue weighted by molar-refractivity contribution is 0.627. The molecule has 19 heavy (non-hydrogen) atoms. The zero-order valence-electron chi connectivity index (χ0n) is 11.8. The topological polar surface area (TPSA) is 55.6 Å². The van der Waals surface area contributed by atoms with Gasteiger partial charge < -0.3 is 5.32 Å². The Morgan fingerprint density at radius 2 is 2.21 bits per heavy atom. The van der Waals surface area contributed by atoms with Crippen LogP contribution in [0.25, 0.3) is 5.82 Å². The van der Waals surface area contributed by atoms with E-state index in [0.29, 0.717) is 5.92 Å². The van der Waals surface area contributed by atoms with Crippen LogP contribution in [-0.2, 0) is 6.42 Å². The van der Waals surface area contributed by atoms with Crippen molar-refractivity contribution in [2.24, 2.45) is 5.92 Å². The summed E-state index contributed by atoms with van der Waals surface area (Å²) in [6.07, 6.45) is 3.71. The second-order valence-electron chi connectivity index (χ2n) is 5.04. The second-order valence-corrected chi connectivity index (χ2v) is 5.04. The predicted molar refractivity (Wildman–Crippen MR) is 76.5 cm³/mol. The van der Waals surface area contributed by atoms with Crippen LogP contribution < -0.4 is 5.32 Å². The van der Waals surface area contributed by atoms with Gasteiger partial charge in [-0.25, -0.2) is 0 Å². The highest BCUT2D eigenvalue weighted by molar-refractivity contribution is 5.43. The first kappa shape index (κ1) is 13.5. The van der Waals surface area contributed by atoms with Crippen molar-refractivity contribution in [1.29, 1.82) is 0 Å². The summed E-state index contributed by atoms with van der Waals surface area (Å²) in [4.78, 5) is 0. The van der Waals surface area contributed by atoms with Crippen molar-refractivity contribution in [3.05, 3.63) is 30.1 Å². The molecule has 5 nitrogen and oxygen atoms in total. The van der Waals surface area contributed by atoms with E-state index in [2.05, 4.69) is 47.5 Å². The number of nitrogens with zero attached hydrogens (tertiary/aromatic N) is 4. The van der Waals surface area contributed by atoms with E-state index < -0.39 is 0 Å². The van der Waals surface area contributed by atoms with Crippen LogP contribution in [0.4, 0.5) is 5.82 Å².